The molecule has 0 saturated heterocycles. The summed E-state index contributed by atoms with van der Waals surface area (Å²) in [6.07, 6.45) is 0. The van der Waals surface area contributed by atoms with Crippen molar-refractivity contribution >= 4 is 5.69 Å². The molecule has 1 N–H and O–H groups in total. The molecule has 0 radical (unpaired) electrons. The van der Waals surface area contributed by atoms with Crippen molar-refractivity contribution in [2.45, 2.75) is 6.92 Å². The second-order valence-corrected chi connectivity index (χ2v) is 2.22. The first-order chi connectivity index (χ1) is 5.33. The Morgan fingerprint density at radius 3 is 2.36 bits per heavy atom. The minimum Gasteiger partial charge on any atom is -0.235 e. The van der Waals surface area contributed by atoms with E-state index in [4.69, 9.17) is 0 Å². The van der Waals surface area contributed by atoms with Crippen LogP contribution in [0.1, 0.15) is 5.56 Å². The van der Waals surface area contributed by atoms with Gasteiger partial charge in [0.05, 0.1) is 12.8 Å². The van der Waals surface area contributed by atoms with Crippen LogP contribution in [0.2, 0.25) is 0 Å². The van der Waals surface area contributed by atoms with Crippen LogP contribution < -0.4 is 5.48 Å². The molecule has 0 aliphatic rings. The van der Waals surface area contributed by atoms with Gasteiger partial charge in [-0.05, 0) is 19.1 Å². The number of benzene rings is 1. The average Bonchev–Trinajstić information content (AvgIpc) is 2.04. The Balaban J connectivity index is 2.52. The van der Waals surface area contributed by atoms with Gasteiger partial charge in [0.15, 0.2) is 0 Å². The van der Waals surface area contributed by atoms with E-state index in [1.165, 1.54) is 12.7 Å². The van der Waals surface area contributed by atoms with Crippen molar-refractivity contribution in [1.82, 2.24) is 0 Å². The molecule has 0 fully saturated rings. The SMILES string of the molecule is COONc1ccc(C)cc1. The molecule has 1 aromatic carbocycles. The van der Waals surface area contributed by atoms with Gasteiger partial charge in [-0.1, -0.05) is 17.7 Å². The van der Waals surface area contributed by atoms with Crippen LogP contribution >= 0.6 is 0 Å². The Hall–Kier alpha value is -1.06. The van der Waals surface area contributed by atoms with E-state index < -0.39 is 0 Å². The minimum absolute atomic E-state index is 0.873. The molecular weight excluding hydrogens is 142 g/mol. The summed E-state index contributed by atoms with van der Waals surface area (Å²) in [5.74, 6) is 0. The van der Waals surface area contributed by atoms with Crippen molar-refractivity contribution in [2.75, 3.05) is 12.6 Å². The highest BCUT2D eigenvalue weighted by Gasteiger charge is 1.88. The zero-order chi connectivity index (χ0) is 8.10. The smallest absolute Gasteiger partial charge is 0.0738 e. The second kappa shape index (κ2) is 3.95. The summed E-state index contributed by atoms with van der Waals surface area (Å²) in [6, 6.07) is 7.80. The van der Waals surface area contributed by atoms with E-state index in [1.54, 1.807) is 0 Å². The van der Waals surface area contributed by atoms with Crippen LogP contribution in [0.15, 0.2) is 24.3 Å². The van der Waals surface area contributed by atoms with Crippen molar-refractivity contribution in [2.24, 2.45) is 0 Å². The topological polar surface area (TPSA) is 30.5 Å². The van der Waals surface area contributed by atoms with Crippen molar-refractivity contribution in [3.8, 4) is 0 Å². The molecule has 1 rings (SSSR count). The normalized spacial score (nSPS) is 9.64. The van der Waals surface area contributed by atoms with Crippen molar-refractivity contribution < 1.29 is 9.88 Å². The first-order valence-electron chi connectivity index (χ1n) is 3.35. The number of nitrogens with one attached hydrogen (secondary N) is 1. The molecule has 0 aliphatic heterocycles. The molecule has 0 unspecified atom stereocenters. The number of anilines is 1. The standard InChI is InChI=1S/C8H11NO2/c1-7-3-5-8(6-4-7)9-11-10-2/h3-6,9H,1-2H3. The van der Waals surface area contributed by atoms with Gasteiger partial charge in [-0.15, -0.1) is 4.99 Å². The van der Waals surface area contributed by atoms with Gasteiger partial charge in [0.1, 0.15) is 0 Å². The number of rotatable bonds is 3. The molecule has 1 aromatic rings. The largest absolute Gasteiger partial charge is 0.235 e. The first kappa shape index (κ1) is 8.04. The minimum atomic E-state index is 0.873. The van der Waals surface area contributed by atoms with E-state index in [-0.39, 0.29) is 0 Å². The third kappa shape index (κ3) is 2.57. The summed E-state index contributed by atoms with van der Waals surface area (Å²) >= 11 is 0. The maximum absolute atomic E-state index is 4.51. The van der Waals surface area contributed by atoms with Crippen LogP contribution in [-0.4, -0.2) is 7.11 Å². The highest BCUT2D eigenvalue weighted by molar-refractivity contribution is 5.42. The zero-order valence-corrected chi connectivity index (χ0v) is 6.63. The lowest BCUT2D eigenvalue weighted by Crippen LogP contribution is -1.98. The van der Waals surface area contributed by atoms with Gasteiger partial charge < -0.3 is 0 Å². The quantitative estimate of drug-likeness (QED) is 0.531. The predicted octanol–water partition coefficient (Wildman–Crippen LogP) is 1.90. The molecule has 0 amide bonds. The molecule has 3 heteroatoms. The Labute approximate surface area is 65.8 Å². The first-order valence-corrected chi connectivity index (χ1v) is 3.35. The molecule has 0 saturated carbocycles. The lowest BCUT2D eigenvalue weighted by Gasteiger charge is -2.02. The van der Waals surface area contributed by atoms with Crippen LogP contribution in [0, 0.1) is 6.92 Å². The van der Waals surface area contributed by atoms with Gasteiger partial charge in [-0.25, -0.2) is 10.4 Å². The average molecular weight is 153 g/mol. The van der Waals surface area contributed by atoms with Crippen LogP contribution in [0.25, 0.3) is 0 Å². The predicted molar refractivity (Wildman–Crippen MR) is 42.9 cm³/mol. The number of hydrogen-bond acceptors (Lipinski definition) is 3. The highest BCUT2D eigenvalue weighted by atomic mass is 17.3. The van der Waals surface area contributed by atoms with Crippen LogP contribution in [-0.2, 0) is 9.88 Å². The fraction of sp³-hybridized carbons (Fsp3) is 0.250. The van der Waals surface area contributed by atoms with E-state index >= 15 is 0 Å². The molecule has 60 valence electrons. The summed E-state index contributed by atoms with van der Waals surface area (Å²) in [6.45, 7) is 2.03. The van der Waals surface area contributed by atoms with E-state index in [1.807, 2.05) is 31.2 Å². The van der Waals surface area contributed by atoms with Crippen LogP contribution in [0.5, 0.6) is 0 Å². The molecular formula is C8H11NO2. The van der Waals surface area contributed by atoms with Gasteiger partial charge >= 0.3 is 0 Å². The van der Waals surface area contributed by atoms with E-state index in [2.05, 4.69) is 15.4 Å². The Morgan fingerprint density at radius 1 is 1.18 bits per heavy atom. The third-order valence-corrected chi connectivity index (χ3v) is 1.29. The van der Waals surface area contributed by atoms with Crippen LogP contribution in [0.3, 0.4) is 0 Å². The number of aryl methyl sites for hydroxylation is 1. The fourth-order valence-electron chi connectivity index (χ4n) is 0.711. The van der Waals surface area contributed by atoms with Crippen molar-refractivity contribution in [3.05, 3.63) is 29.8 Å². The van der Waals surface area contributed by atoms with Crippen molar-refractivity contribution in [1.29, 1.82) is 0 Å². The summed E-state index contributed by atoms with van der Waals surface area (Å²) in [7, 11) is 1.45. The van der Waals surface area contributed by atoms with Crippen molar-refractivity contribution in [3.63, 3.8) is 0 Å². The number of hydrogen-bond donors (Lipinski definition) is 1. The molecule has 11 heavy (non-hydrogen) atoms. The van der Waals surface area contributed by atoms with Gasteiger partial charge in [0.25, 0.3) is 0 Å². The summed E-state index contributed by atoms with van der Waals surface area (Å²) in [5, 5.41) is 0. The molecule has 0 bridgehead atoms. The lowest BCUT2D eigenvalue weighted by atomic mass is 10.2. The second-order valence-electron chi connectivity index (χ2n) is 2.22. The molecule has 0 atom stereocenters. The van der Waals surface area contributed by atoms with Gasteiger partial charge in [-0.3, -0.25) is 0 Å². The Bertz CT molecular complexity index is 208. The van der Waals surface area contributed by atoms with E-state index in [0.29, 0.717) is 0 Å². The molecule has 0 aliphatic carbocycles. The monoisotopic (exact) mass is 153 g/mol. The molecule has 0 spiro atoms. The molecule has 0 heterocycles. The molecule has 3 nitrogen and oxygen atoms in total. The van der Waals surface area contributed by atoms with E-state index in [9.17, 15) is 0 Å². The summed E-state index contributed by atoms with van der Waals surface area (Å²) in [4.78, 5) is 8.87. The summed E-state index contributed by atoms with van der Waals surface area (Å²) in [5.41, 5.74) is 4.69. The lowest BCUT2D eigenvalue weighted by molar-refractivity contribution is -0.248. The molecule has 0 aromatic heterocycles. The maximum Gasteiger partial charge on any atom is 0.0738 e. The van der Waals surface area contributed by atoms with Gasteiger partial charge in [0, 0.05) is 0 Å². The van der Waals surface area contributed by atoms with Gasteiger partial charge in [0.2, 0.25) is 0 Å². The summed E-state index contributed by atoms with van der Waals surface area (Å²) < 4.78 is 0. The Morgan fingerprint density at radius 2 is 1.82 bits per heavy atom. The Kier molecular flexibility index (Phi) is 2.89. The fourth-order valence-corrected chi connectivity index (χ4v) is 0.711. The highest BCUT2D eigenvalue weighted by Crippen LogP contribution is 2.07. The van der Waals surface area contributed by atoms with Gasteiger partial charge in [-0.2, -0.15) is 0 Å². The maximum atomic E-state index is 4.51. The van der Waals surface area contributed by atoms with E-state index in [0.717, 1.165) is 5.69 Å². The third-order valence-electron chi connectivity index (χ3n) is 1.29. The zero-order valence-electron chi connectivity index (χ0n) is 6.63. The van der Waals surface area contributed by atoms with Crippen LogP contribution in [0.4, 0.5) is 5.69 Å².